The number of nitrogens with one attached hydrogen (secondary N) is 1. The van der Waals surface area contributed by atoms with Gasteiger partial charge in [-0.1, -0.05) is 17.7 Å². The Kier molecular flexibility index (Phi) is 5.92. The summed E-state index contributed by atoms with van der Waals surface area (Å²) in [6.45, 7) is 1.98. The Morgan fingerprint density at radius 1 is 1.27 bits per heavy atom. The van der Waals surface area contributed by atoms with Crippen molar-refractivity contribution in [2.24, 2.45) is 0 Å². The van der Waals surface area contributed by atoms with E-state index in [1.165, 1.54) is 0 Å². The van der Waals surface area contributed by atoms with Gasteiger partial charge in [-0.3, -0.25) is 4.79 Å². The quantitative estimate of drug-likeness (QED) is 0.556. The second-order valence-electron chi connectivity index (χ2n) is 7.22. The summed E-state index contributed by atoms with van der Waals surface area (Å²) in [6, 6.07) is 10.9. The van der Waals surface area contributed by atoms with Crippen LogP contribution in [0.25, 0.3) is 11.1 Å². The summed E-state index contributed by atoms with van der Waals surface area (Å²) < 4.78 is 5.40. The van der Waals surface area contributed by atoms with Crippen LogP contribution in [0.1, 0.15) is 40.4 Å². The Balaban J connectivity index is 1.58. The number of ether oxygens (including phenoxy) is 1. The van der Waals surface area contributed by atoms with Gasteiger partial charge in [0.05, 0.1) is 12.8 Å². The van der Waals surface area contributed by atoms with Crippen LogP contribution >= 0.6 is 11.6 Å². The zero-order valence-electron chi connectivity index (χ0n) is 16.4. The molecule has 2 heterocycles. The minimum Gasteiger partial charge on any atom is -0.475 e. The molecule has 2 N–H and O–H groups in total. The predicted octanol–water partition coefficient (Wildman–Crippen LogP) is 4.00. The summed E-state index contributed by atoms with van der Waals surface area (Å²) in [4.78, 5) is 16.8. The van der Waals surface area contributed by atoms with Gasteiger partial charge in [-0.2, -0.15) is 5.10 Å². The van der Waals surface area contributed by atoms with Crippen LogP contribution < -0.4 is 10.1 Å². The molecule has 0 atom stereocenters. The number of aryl methyl sites for hydroxylation is 1. The van der Waals surface area contributed by atoms with E-state index in [-0.39, 0.29) is 24.3 Å². The van der Waals surface area contributed by atoms with Gasteiger partial charge in [0.2, 0.25) is 5.88 Å². The second-order valence-corrected chi connectivity index (χ2v) is 7.61. The van der Waals surface area contributed by atoms with E-state index in [9.17, 15) is 4.79 Å². The van der Waals surface area contributed by atoms with Gasteiger partial charge >= 0.3 is 0 Å². The van der Waals surface area contributed by atoms with E-state index in [0.717, 1.165) is 35.1 Å². The van der Waals surface area contributed by atoms with E-state index >= 15 is 0 Å². The number of hydrogen-bond donors (Lipinski definition) is 2. The molecule has 1 aliphatic carbocycles. The normalized spacial score (nSPS) is 13.2. The molecule has 1 fully saturated rings. The first kappa shape index (κ1) is 20.3. The lowest BCUT2D eigenvalue weighted by Crippen LogP contribution is -2.14. The molecule has 7 nitrogen and oxygen atoms in total. The molecule has 1 saturated carbocycles. The average molecular weight is 425 g/mol. The van der Waals surface area contributed by atoms with Gasteiger partial charge in [0.25, 0.3) is 5.91 Å². The van der Waals surface area contributed by atoms with Crippen molar-refractivity contribution in [2.75, 3.05) is 18.5 Å². The topological polar surface area (TPSA) is 97.2 Å². The van der Waals surface area contributed by atoms with Gasteiger partial charge in [0.15, 0.2) is 5.69 Å². The third-order valence-electron chi connectivity index (χ3n) is 4.88. The Morgan fingerprint density at radius 2 is 2.10 bits per heavy atom. The number of anilines is 1. The van der Waals surface area contributed by atoms with Crippen LogP contribution in [0.3, 0.4) is 0 Å². The largest absolute Gasteiger partial charge is 0.475 e. The zero-order valence-corrected chi connectivity index (χ0v) is 17.2. The summed E-state index contributed by atoms with van der Waals surface area (Å²) in [6.07, 6.45) is 3.99. The molecule has 2 aromatic heterocycles. The minimum atomic E-state index is -0.306. The number of aromatic nitrogens is 3. The summed E-state index contributed by atoms with van der Waals surface area (Å²) in [5.74, 6) is 0.517. The Morgan fingerprint density at radius 3 is 2.87 bits per heavy atom. The highest BCUT2D eigenvalue weighted by molar-refractivity contribution is 6.29. The molecule has 1 amide bonds. The van der Waals surface area contributed by atoms with Crippen molar-refractivity contribution in [2.45, 2.75) is 25.7 Å². The Hall–Kier alpha value is -3.03. The minimum absolute atomic E-state index is 0.116. The number of nitrogens with zero attached hydrogens (tertiary/aromatic N) is 3. The average Bonchev–Trinajstić information content (AvgIpc) is 3.59. The first-order valence-electron chi connectivity index (χ1n) is 9.70. The number of carbonyl (C=O) groups is 1. The molecule has 8 heteroatoms. The summed E-state index contributed by atoms with van der Waals surface area (Å²) in [7, 11) is 0. The van der Waals surface area contributed by atoms with E-state index in [1.54, 1.807) is 18.3 Å². The molecule has 4 rings (SSSR count). The van der Waals surface area contributed by atoms with E-state index in [4.69, 9.17) is 21.4 Å². The smallest absolute Gasteiger partial charge is 0.276 e. The molecule has 1 aromatic carbocycles. The second kappa shape index (κ2) is 8.77. The molecule has 0 bridgehead atoms. The molecule has 1 aliphatic rings. The molecule has 0 unspecified atom stereocenters. The van der Waals surface area contributed by atoms with Crippen molar-refractivity contribution in [3.8, 4) is 17.0 Å². The lowest BCUT2D eigenvalue weighted by Gasteiger charge is -2.12. The summed E-state index contributed by atoms with van der Waals surface area (Å²) in [5, 5.41) is 20.1. The van der Waals surface area contributed by atoms with Crippen LogP contribution in [-0.2, 0) is 0 Å². The van der Waals surface area contributed by atoms with Crippen molar-refractivity contribution < 1.29 is 14.6 Å². The highest BCUT2D eigenvalue weighted by Gasteiger charge is 2.25. The molecule has 0 aliphatic heterocycles. The molecular weight excluding hydrogens is 404 g/mol. The van der Waals surface area contributed by atoms with Crippen LogP contribution in [0.15, 0.2) is 42.6 Å². The van der Waals surface area contributed by atoms with Crippen molar-refractivity contribution >= 4 is 23.2 Å². The Labute approximate surface area is 179 Å². The third-order valence-corrected chi connectivity index (χ3v) is 5.07. The van der Waals surface area contributed by atoms with Crippen LogP contribution in [0.2, 0.25) is 5.15 Å². The maximum Gasteiger partial charge on any atom is 0.276 e. The van der Waals surface area contributed by atoms with Crippen LogP contribution in [0, 0.1) is 6.92 Å². The molecular formula is C22H21ClN4O3. The summed E-state index contributed by atoms with van der Waals surface area (Å²) in [5.41, 5.74) is 4.66. The fraction of sp³-hybridized carbons (Fsp3) is 0.273. The van der Waals surface area contributed by atoms with E-state index in [2.05, 4.69) is 20.5 Å². The van der Waals surface area contributed by atoms with Gasteiger partial charge in [-0.25, -0.2) is 4.98 Å². The molecule has 154 valence electrons. The molecule has 0 radical (unpaired) electrons. The maximum atomic E-state index is 12.7. The van der Waals surface area contributed by atoms with Crippen molar-refractivity contribution in [1.82, 2.24) is 15.2 Å². The standard InChI is InChI=1S/C22H21ClN4O3/c1-13-2-5-17(25-22(29)19-8-16(12-24-27-19)14-3-4-14)11-18(13)15-9-20(23)26-21(10-15)30-7-6-28/h2,5,8-12,14,28H,3-4,6-7H2,1H3,(H,25,29). The maximum absolute atomic E-state index is 12.7. The SMILES string of the molecule is Cc1ccc(NC(=O)c2cc(C3CC3)cnn2)cc1-c1cc(Cl)nc(OCCO)c1. The zero-order chi connectivity index (χ0) is 21.1. The molecule has 0 saturated heterocycles. The number of rotatable bonds is 7. The van der Waals surface area contributed by atoms with E-state index in [1.807, 2.05) is 31.2 Å². The highest BCUT2D eigenvalue weighted by atomic mass is 35.5. The number of aliphatic hydroxyl groups is 1. The number of carbonyl (C=O) groups excluding carboxylic acids is 1. The first-order valence-corrected chi connectivity index (χ1v) is 10.1. The number of benzene rings is 1. The van der Waals surface area contributed by atoms with Crippen molar-refractivity contribution in [3.05, 3.63) is 64.6 Å². The van der Waals surface area contributed by atoms with E-state index < -0.39 is 0 Å². The number of pyridine rings is 1. The first-order chi connectivity index (χ1) is 14.5. The number of aliphatic hydroxyl groups excluding tert-OH is 1. The number of hydrogen-bond acceptors (Lipinski definition) is 6. The van der Waals surface area contributed by atoms with Gasteiger partial charge in [-0.15, -0.1) is 5.10 Å². The highest BCUT2D eigenvalue weighted by Crippen LogP contribution is 2.39. The summed E-state index contributed by atoms with van der Waals surface area (Å²) >= 11 is 6.14. The van der Waals surface area contributed by atoms with Crippen LogP contribution in [0.5, 0.6) is 5.88 Å². The fourth-order valence-electron chi connectivity index (χ4n) is 3.19. The third kappa shape index (κ3) is 4.75. The predicted molar refractivity (Wildman–Crippen MR) is 114 cm³/mol. The number of amides is 1. The van der Waals surface area contributed by atoms with Crippen LogP contribution in [-0.4, -0.2) is 39.4 Å². The Bertz CT molecular complexity index is 1090. The van der Waals surface area contributed by atoms with Gasteiger partial charge < -0.3 is 15.2 Å². The monoisotopic (exact) mass is 424 g/mol. The molecule has 30 heavy (non-hydrogen) atoms. The van der Waals surface area contributed by atoms with Gasteiger partial charge in [-0.05, 0) is 72.2 Å². The van der Waals surface area contributed by atoms with Crippen molar-refractivity contribution in [3.63, 3.8) is 0 Å². The van der Waals surface area contributed by atoms with Gasteiger partial charge in [0, 0.05) is 11.8 Å². The molecule has 3 aromatic rings. The van der Waals surface area contributed by atoms with Crippen LogP contribution in [0.4, 0.5) is 5.69 Å². The molecule has 0 spiro atoms. The van der Waals surface area contributed by atoms with E-state index in [0.29, 0.717) is 23.2 Å². The number of halogens is 1. The van der Waals surface area contributed by atoms with Crippen molar-refractivity contribution in [1.29, 1.82) is 0 Å². The van der Waals surface area contributed by atoms with Gasteiger partial charge in [0.1, 0.15) is 11.8 Å². The fourth-order valence-corrected chi connectivity index (χ4v) is 3.39. The lowest BCUT2D eigenvalue weighted by molar-refractivity contribution is 0.102. The lowest BCUT2D eigenvalue weighted by atomic mass is 10.0.